The summed E-state index contributed by atoms with van der Waals surface area (Å²) in [6.07, 6.45) is 0.303. The van der Waals surface area contributed by atoms with Crippen LogP contribution in [-0.2, 0) is 42.9 Å². The Labute approximate surface area is 226 Å². The van der Waals surface area contributed by atoms with E-state index in [4.69, 9.17) is 23.7 Å². The van der Waals surface area contributed by atoms with Gasteiger partial charge >= 0.3 is 17.9 Å². The van der Waals surface area contributed by atoms with E-state index in [1.165, 1.54) is 6.92 Å². The van der Waals surface area contributed by atoms with Crippen LogP contribution >= 0.6 is 0 Å². The van der Waals surface area contributed by atoms with Gasteiger partial charge in [-0.25, -0.2) is 4.79 Å². The highest BCUT2D eigenvalue weighted by molar-refractivity contribution is 5.91. The highest BCUT2D eigenvalue weighted by Crippen LogP contribution is 2.70. The van der Waals surface area contributed by atoms with E-state index >= 15 is 0 Å². The molecule has 10 nitrogen and oxygen atoms in total. The van der Waals surface area contributed by atoms with Gasteiger partial charge in [0.2, 0.25) is 11.4 Å². The molecular weight excluding hydrogens is 508 g/mol. The molecule has 5 heterocycles. The van der Waals surface area contributed by atoms with E-state index in [0.717, 1.165) is 0 Å². The summed E-state index contributed by atoms with van der Waals surface area (Å²) in [5.41, 5.74) is -4.14. The van der Waals surface area contributed by atoms with Crippen LogP contribution in [0.5, 0.6) is 0 Å². The summed E-state index contributed by atoms with van der Waals surface area (Å²) in [7, 11) is 0. The summed E-state index contributed by atoms with van der Waals surface area (Å²) in [5.74, 6) is -5.75. The summed E-state index contributed by atoms with van der Waals surface area (Å²) in [4.78, 5) is 52.6. The van der Waals surface area contributed by atoms with E-state index < -0.39 is 93.8 Å². The molecule has 0 aromatic rings. The molecule has 1 saturated carbocycles. The summed E-state index contributed by atoms with van der Waals surface area (Å²) in [6, 6.07) is 0. The van der Waals surface area contributed by atoms with Gasteiger partial charge in [0.15, 0.2) is 0 Å². The molecule has 7 aliphatic rings. The van der Waals surface area contributed by atoms with Gasteiger partial charge in [0.05, 0.1) is 17.4 Å². The topological polar surface area (TPSA) is 135 Å². The minimum atomic E-state index is -1.63. The maximum Gasteiger partial charge on any atom is 0.351 e. The van der Waals surface area contributed by atoms with Gasteiger partial charge in [0.1, 0.15) is 29.7 Å². The average Bonchev–Trinajstić information content (AvgIpc) is 3.30. The normalized spacial score (nSPS) is 54.3. The van der Waals surface area contributed by atoms with Crippen molar-refractivity contribution in [2.75, 3.05) is 0 Å². The van der Waals surface area contributed by atoms with Crippen molar-refractivity contribution in [3.05, 3.63) is 11.6 Å². The van der Waals surface area contributed by atoms with E-state index in [1.807, 2.05) is 19.9 Å². The summed E-state index contributed by atoms with van der Waals surface area (Å²) in [6.45, 7) is 10.3. The van der Waals surface area contributed by atoms with Crippen LogP contribution in [0.1, 0.15) is 67.2 Å². The maximum absolute atomic E-state index is 14.0. The lowest BCUT2D eigenvalue weighted by molar-refractivity contribution is -0.364. The predicted molar refractivity (Wildman–Crippen MR) is 130 cm³/mol. The zero-order chi connectivity index (χ0) is 28.1. The lowest BCUT2D eigenvalue weighted by Gasteiger charge is -2.52. The van der Waals surface area contributed by atoms with Crippen molar-refractivity contribution < 1.29 is 48.0 Å². The van der Waals surface area contributed by atoms with Crippen LogP contribution in [0, 0.1) is 35.0 Å². The predicted octanol–water partition coefficient (Wildman–Crippen LogP) is 2.00. The second kappa shape index (κ2) is 7.31. The van der Waals surface area contributed by atoms with Gasteiger partial charge in [-0.2, -0.15) is 0 Å². The van der Waals surface area contributed by atoms with Crippen molar-refractivity contribution in [1.82, 2.24) is 0 Å². The molecule has 2 bridgehead atoms. The molecule has 39 heavy (non-hydrogen) atoms. The third kappa shape index (κ3) is 2.78. The number of rotatable bonds is 1. The number of fused-ring (bicyclic) bond motifs is 3. The molecule has 212 valence electrons. The SMILES string of the molecule is CC(=O)O[C@]12C[C@]34CC[C@]5(C)C(=O)[C@@H](C)[C@@H]6[C@H]7OC(=O)[C@@H](C)[C@H]7O[C@](O3)([C@@H]65)[C@@H](O)C4=CC[C@H]1C(C)(C)OC2=O. The van der Waals surface area contributed by atoms with Gasteiger partial charge in [0.25, 0.3) is 0 Å². The van der Waals surface area contributed by atoms with E-state index in [1.54, 1.807) is 20.8 Å². The fourth-order valence-electron chi connectivity index (χ4n) is 9.74. The molecule has 2 aliphatic carbocycles. The first kappa shape index (κ1) is 25.7. The number of cyclic esters (lactones) is 1. The number of ketones is 1. The van der Waals surface area contributed by atoms with E-state index in [2.05, 4.69) is 0 Å². The molecule has 10 heteroatoms. The van der Waals surface area contributed by atoms with Crippen LogP contribution in [0.3, 0.4) is 0 Å². The number of esters is 3. The van der Waals surface area contributed by atoms with Crippen molar-refractivity contribution in [2.45, 2.75) is 108 Å². The van der Waals surface area contributed by atoms with Crippen molar-refractivity contribution >= 4 is 23.7 Å². The first-order valence-corrected chi connectivity index (χ1v) is 14.1. The lowest BCUT2D eigenvalue weighted by Crippen LogP contribution is -2.64. The highest BCUT2D eigenvalue weighted by Gasteiger charge is 2.81. The van der Waals surface area contributed by atoms with Gasteiger partial charge in [0, 0.05) is 36.5 Å². The molecule has 0 amide bonds. The minimum absolute atomic E-state index is 0.0320. The van der Waals surface area contributed by atoms with Crippen molar-refractivity contribution in [2.24, 2.45) is 35.0 Å². The summed E-state index contributed by atoms with van der Waals surface area (Å²) < 4.78 is 31.2. The number of aliphatic hydroxyl groups is 1. The van der Waals surface area contributed by atoms with E-state index in [-0.39, 0.29) is 12.2 Å². The quantitative estimate of drug-likeness (QED) is 0.297. The summed E-state index contributed by atoms with van der Waals surface area (Å²) >= 11 is 0. The molecule has 0 aromatic carbocycles. The standard InChI is InChI=1S/C29H36O10/c1-12-17-19-18(13(2)23(33)35-19)37-29-20(17)26(6,21(12)31)9-10-27(39-29)11-28(36-14(3)30)16(8-7-15(27)22(29)32)25(4,5)38-24(28)34/h7,12-13,16-20,22,32H,8-11H2,1-6H3/t12-,13-,16-,17+,18+,19+,20-,22-,26-,27-,28+,29-/m0/s1. The molecular formula is C29H36O10. The first-order valence-electron chi connectivity index (χ1n) is 14.1. The van der Waals surface area contributed by atoms with Gasteiger partial charge < -0.3 is 28.8 Å². The van der Waals surface area contributed by atoms with Crippen LogP contribution < -0.4 is 0 Å². The van der Waals surface area contributed by atoms with Crippen LogP contribution in [0.2, 0.25) is 0 Å². The van der Waals surface area contributed by atoms with E-state index in [9.17, 15) is 24.3 Å². The second-order valence-electron chi connectivity index (χ2n) is 13.7. The molecule has 0 radical (unpaired) electrons. The smallest absolute Gasteiger partial charge is 0.351 e. The van der Waals surface area contributed by atoms with Crippen LogP contribution in [0.4, 0.5) is 0 Å². The zero-order valence-electron chi connectivity index (χ0n) is 23.1. The Morgan fingerprint density at radius 3 is 2.49 bits per heavy atom. The molecule has 0 aromatic heterocycles. The Morgan fingerprint density at radius 1 is 1.08 bits per heavy atom. The lowest BCUT2D eigenvalue weighted by atomic mass is 9.62. The highest BCUT2D eigenvalue weighted by atomic mass is 16.7. The maximum atomic E-state index is 14.0. The van der Waals surface area contributed by atoms with Gasteiger partial charge in [-0.05, 0) is 45.6 Å². The number of carbonyl (C=O) groups excluding carboxylic acids is 4. The third-order valence-corrected chi connectivity index (χ3v) is 11.4. The molecule has 2 spiro atoms. The minimum Gasteiger partial charge on any atom is -0.459 e. The number of ether oxygens (including phenoxy) is 5. The Bertz CT molecular complexity index is 1250. The number of Topliss-reactive ketones (excluding diaryl/α,β-unsaturated/α-hetero) is 1. The van der Waals surface area contributed by atoms with Crippen molar-refractivity contribution in [1.29, 1.82) is 0 Å². The zero-order valence-corrected chi connectivity index (χ0v) is 23.1. The average molecular weight is 545 g/mol. The number of carbonyl (C=O) groups is 4. The Morgan fingerprint density at radius 2 is 1.79 bits per heavy atom. The molecule has 6 fully saturated rings. The molecule has 1 N–H and O–H groups in total. The Hall–Kier alpha value is -2.30. The Balaban J connectivity index is 1.42. The largest absolute Gasteiger partial charge is 0.459 e. The molecule has 0 unspecified atom stereocenters. The monoisotopic (exact) mass is 544 g/mol. The Kier molecular flexibility index (Phi) is 4.81. The van der Waals surface area contributed by atoms with Crippen LogP contribution in [-0.4, -0.2) is 69.7 Å². The van der Waals surface area contributed by atoms with Crippen molar-refractivity contribution in [3.63, 3.8) is 0 Å². The molecule has 7 rings (SSSR count). The van der Waals surface area contributed by atoms with Gasteiger partial charge in [-0.1, -0.05) is 19.9 Å². The molecule has 12 atom stereocenters. The molecule has 5 aliphatic heterocycles. The second-order valence-corrected chi connectivity index (χ2v) is 13.7. The van der Waals surface area contributed by atoms with Gasteiger partial charge in [-0.15, -0.1) is 0 Å². The van der Waals surface area contributed by atoms with Crippen molar-refractivity contribution in [3.8, 4) is 0 Å². The number of allylic oxidation sites excluding steroid dienone is 1. The molecule has 5 saturated heterocycles. The first-order chi connectivity index (χ1) is 18.1. The number of hydrogen-bond donors (Lipinski definition) is 1. The number of hydrogen-bond acceptors (Lipinski definition) is 10. The van der Waals surface area contributed by atoms with Crippen LogP contribution in [0.25, 0.3) is 0 Å². The summed E-state index contributed by atoms with van der Waals surface area (Å²) in [5, 5.41) is 12.2. The van der Waals surface area contributed by atoms with Gasteiger partial charge in [-0.3, -0.25) is 14.4 Å². The third-order valence-electron chi connectivity index (χ3n) is 11.4. The van der Waals surface area contributed by atoms with Crippen LogP contribution in [0.15, 0.2) is 11.6 Å². The fraction of sp³-hybridized carbons (Fsp3) is 0.793. The van der Waals surface area contributed by atoms with E-state index in [0.29, 0.717) is 24.8 Å². The number of aliphatic hydroxyl groups excluding tert-OH is 1. The fourth-order valence-corrected chi connectivity index (χ4v) is 9.74.